The molecular weight excluding hydrogens is 373 g/mol. The molecule has 1 heterocycles. The molecule has 0 aliphatic carbocycles. The molecule has 7 heteroatoms. The Balaban J connectivity index is 2.00. The molecule has 1 amide bonds. The van der Waals surface area contributed by atoms with Crippen molar-refractivity contribution in [1.29, 1.82) is 0 Å². The molecule has 1 unspecified atom stereocenters. The van der Waals surface area contributed by atoms with Crippen molar-refractivity contribution in [3.8, 4) is 5.75 Å². The van der Waals surface area contributed by atoms with E-state index < -0.39 is 6.04 Å². The molecule has 0 saturated heterocycles. The lowest BCUT2D eigenvalue weighted by molar-refractivity contribution is 0.0941. The van der Waals surface area contributed by atoms with E-state index in [4.69, 9.17) is 27.9 Å². The Hall–Kier alpha value is -2.50. The molecule has 1 N–H and O–H groups in total. The standard InChI is InChI=1S/C19H17Cl2N3O2/c1-24-10-9-22-18(24)17(13-5-3-4-6-16(13)26-2)23-19(25)12-7-8-14(20)15(21)11-12/h3-11,17H,1-2H3,(H,23,25). The highest BCUT2D eigenvalue weighted by atomic mass is 35.5. The highest BCUT2D eigenvalue weighted by Crippen LogP contribution is 2.30. The lowest BCUT2D eigenvalue weighted by atomic mass is 10.0. The van der Waals surface area contributed by atoms with Gasteiger partial charge in [0.05, 0.1) is 17.2 Å². The van der Waals surface area contributed by atoms with Gasteiger partial charge in [0.2, 0.25) is 0 Å². The Bertz CT molecular complexity index is 940. The number of nitrogens with one attached hydrogen (secondary N) is 1. The van der Waals surface area contributed by atoms with Gasteiger partial charge < -0.3 is 14.6 Å². The fourth-order valence-electron chi connectivity index (χ4n) is 2.69. The van der Waals surface area contributed by atoms with Crippen LogP contribution in [0.4, 0.5) is 0 Å². The van der Waals surface area contributed by atoms with Gasteiger partial charge in [-0.2, -0.15) is 0 Å². The van der Waals surface area contributed by atoms with Gasteiger partial charge in [0.1, 0.15) is 17.6 Å². The first kappa shape index (κ1) is 18.3. The van der Waals surface area contributed by atoms with Crippen molar-refractivity contribution in [1.82, 2.24) is 14.9 Å². The molecule has 0 fully saturated rings. The van der Waals surface area contributed by atoms with Crippen LogP contribution in [0.3, 0.4) is 0 Å². The second-order valence-corrected chi connectivity index (χ2v) is 6.49. The fourth-order valence-corrected chi connectivity index (χ4v) is 2.99. The van der Waals surface area contributed by atoms with Gasteiger partial charge in [-0.1, -0.05) is 41.4 Å². The normalized spacial score (nSPS) is 11.8. The molecule has 0 saturated carbocycles. The highest BCUT2D eigenvalue weighted by molar-refractivity contribution is 6.42. The van der Waals surface area contributed by atoms with Crippen molar-refractivity contribution in [2.75, 3.05) is 7.11 Å². The van der Waals surface area contributed by atoms with E-state index in [0.717, 1.165) is 5.56 Å². The zero-order valence-electron chi connectivity index (χ0n) is 14.2. The summed E-state index contributed by atoms with van der Waals surface area (Å²) in [6.07, 6.45) is 3.51. The highest BCUT2D eigenvalue weighted by Gasteiger charge is 2.24. The Kier molecular flexibility index (Phi) is 5.49. The largest absolute Gasteiger partial charge is 0.496 e. The number of nitrogens with zero attached hydrogens (tertiary/aromatic N) is 2. The molecule has 0 aliphatic heterocycles. The zero-order chi connectivity index (χ0) is 18.7. The smallest absolute Gasteiger partial charge is 0.252 e. The average molecular weight is 390 g/mol. The zero-order valence-corrected chi connectivity index (χ0v) is 15.8. The number of aryl methyl sites for hydroxylation is 1. The second kappa shape index (κ2) is 7.81. The van der Waals surface area contributed by atoms with E-state index in [1.54, 1.807) is 25.4 Å². The van der Waals surface area contributed by atoms with Crippen LogP contribution >= 0.6 is 23.2 Å². The van der Waals surface area contributed by atoms with Gasteiger partial charge in [0, 0.05) is 30.6 Å². The maximum Gasteiger partial charge on any atom is 0.252 e. The van der Waals surface area contributed by atoms with Gasteiger partial charge in [-0.05, 0) is 24.3 Å². The van der Waals surface area contributed by atoms with E-state index in [1.807, 2.05) is 42.1 Å². The molecule has 3 aromatic rings. The van der Waals surface area contributed by atoms with Gasteiger partial charge in [-0.25, -0.2) is 4.98 Å². The molecule has 1 aromatic heterocycles. The maximum atomic E-state index is 12.8. The van der Waals surface area contributed by atoms with Gasteiger partial charge >= 0.3 is 0 Å². The summed E-state index contributed by atoms with van der Waals surface area (Å²) in [5.41, 5.74) is 1.21. The first-order chi connectivity index (χ1) is 12.5. The van der Waals surface area contributed by atoms with E-state index in [2.05, 4.69) is 10.3 Å². The first-order valence-corrected chi connectivity index (χ1v) is 8.63. The minimum absolute atomic E-state index is 0.289. The van der Waals surface area contributed by atoms with Crippen LogP contribution in [0, 0.1) is 0 Å². The van der Waals surface area contributed by atoms with Crippen LogP contribution in [0.1, 0.15) is 27.8 Å². The van der Waals surface area contributed by atoms with E-state index in [-0.39, 0.29) is 5.91 Å². The van der Waals surface area contributed by atoms with Gasteiger partial charge in [0.15, 0.2) is 0 Å². The predicted octanol–water partition coefficient (Wildman–Crippen LogP) is 4.25. The number of halogens is 2. The fraction of sp³-hybridized carbons (Fsp3) is 0.158. The number of carbonyl (C=O) groups is 1. The molecule has 0 radical (unpaired) electrons. The van der Waals surface area contributed by atoms with Crippen LogP contribution < -0.4 is 10.1 Å². The van der Waals surface area contributed by atoms with Crippen molar-refractivity contribution in [3.05, 3.63) is 81.9 Å². The number of carbonyl (C=O) groups excluding carboxylic acids is 1. The summed E-state index contributed by atoms with van der Waals surface area (Å²) in [6.45, 7) is 0. The Morgan fingerprint density at radius 1 is 1.19 bits per heavy atom. The molecule has 134 valence electrons. The van der Waals surface area contributed by atoms with Crippen molar-refractivity contribution in [2.24, 2.45) is 7.05 Å². The van der Waals surface area contributed by atoms with Crippen LogP contribution in [0.2, 0.25) is 10.0 Å². The number of methoxy groups -OCH3 is 1. The third-order valence-electron chi connectivity index (χ3n) is 4.02. The summed E-state index contributed by atoms with van der Waals surface area (Å²) < 4.78 is 7.31. The number of benzene rings is 2. The molecule has 1 atom stereocenters. The second-order valence-electron chi connectivity index (χ2n) is 5.67. The van der Waals surface area contributed by atoms with Crippen molar-refractivity contribution in [2.45, 2.75) is 6.04 Å². The third kappa shape index (κ3) is 3.69. The number of ether oxygens (including phenoxy) is 1. The first-order valence-electron chi connectivity index (χ1n) is 7.87. The Morgan fingerprint density at radius 2 is 1.96 bits per heavy atom. The Labute approximate surface area is 161 Å². The minimum Gasteiger partial charge on any atom is -0.496 e. The summed E-state index contributed by atoms with van der Waals surface area (Å²) in [4.78, 5) is 17.2. The monoisotopic (exact) mass is 389 g/mol. The number of amides is 1. The van der Waals surface area contributed by atoms with Crippen LogP contribution in [0.25, 0.3) is 0 Å². The number of aromatic nitrogens is 2. The number of imidazole rings is 1. The van der Waals surface area contributed by atoms with Crippen LogP contribution in [0.5, 0.6) is 5.75 Å². The lowest BCUT2D eigenvalue weighted by Gasteiger charge is -2.21. The number of hydrogen-bond donors (Lipinski definition) is 1. The van der Waals surface area contributed by atoms with Crippen molar-refractivity contribution >= 4 is 29.1 Å². The molecule has 5 nitrogen and oxygen atoms in total. The van der Waals surface area contributed by atoms with Gasteiger partial charge in [-0.15, -0.1) is 0 Å². The quantitative estimate of drug-likeness (QED) is 0.709. The lowest BCUT2D eigenvalue weighted by Crippen LogP contribution is -2.31. The minimum atomic E-state index is -0.492. The summed E-state index contributed by atoms with van der Waals surface area (Å²) in [6, 6.07) is 11.8. The molecule has 3 rings (SSSR count). The molecule has 26 heavy (non-hydrogen) atoms. The molecule has 0 spiro atoms. The third-order valence-corrected chi connectivity index (χ3v) is 4.76. The summed E-state index contributed by atoms with van der Waals surface area (Å²) in [7, 11) is 3.46. The van der Waals surface area contributed by atoms with E-state index in [9.17, 15) is 4.79 Å². The van der Waals surface area contributed by atoms with Crippen molar-refractivity contribution in [3.63, 3.8) is 0 Å². The predicted molar refractivity (Wildman–Crippen MR) is 102 cm³/mol. The van der Waals surface area contributed by atoms with E-state index in [1.165, 1.54) is 6.07 Å². The molecule has 0 aliphatic rings. The summed E-state index contributed by atoms with van der Waals surface area (Å²) >= 11 is 12.0. The van der Waals surface area contributed by atoms with Crippen LogP contribution in [-0.2, 0) is 7.05 Å². The molecule has 2 aromatic carbocycles. The summed E-state index contributed by atoms with van der Waals surface area (Å²) in [5.74, 6) is 1.06. The topological polar surface area (TPSA) is 56.1 Å². The Morgan fingerprint density at radius 3 is 2.62 bits per heavy atom. The number of rotatable bonds is 5. The van der Waals surface area contributed by atoms with Crippen molar-refractivity contribution < 1.29 is 9.53 Å². The summed E-state index contributed by atoms with van der Waals surface area (Å²) in [5, 5.41) is 3.73. The van der Waals surface area contributed by atoms with Gasteiger partial charge in [-0.3, -0.25) is 4.79 Å². The average Bonchev–Trinajstić information content (AvgIpc) is 3.07. The maximum absolute atomic E-state index is 12.8. The molecular formula is C19H17Cl2N3O2. The molecule has 0 bridgehead atoms. The van der Waals surface area contributed by atoms with Crippen LogP contribution in [0.15, 0.2) is 54.9 Å². The van der Waals surface area contributed by atoms with Crippen LogP contribution in [-0.4, -0.2) is 22.6 Å². The van der Waals surface area contributed by atoms with Gasteiger partial charge in [0.25, 0.3) is 5.91 Å². The van der Waals surface area contributed by atoms with E-state index >= 15 is 0 Å². The SMILES string of the molecule is COc1ccccc1C(NC(=O)c1ccc(Cl)c(Cl)c1)c1nccn1C. The number of hydrogen-bond acceptors (Lipinski definition) is 3. The van der Waals surface area contributed by atoms with E-state index in [0.29, 0.717) is 27.2 Å². The number of para-hydroxylation sites is 1.